The molecule has 0 bridgehead atoms. The molecule has 1 rings (SSSR count). The topological polar surface area (TPSA) is 26.0 Å². The minimum Gasteiger partial charge on any atom is -0.324 e. The maximum absolute atomic E-state index is 13.5. The van der Waals surface area contributed by atoms with Gasteiger partial charge in [-0.2, -0.15) is 0 Å². The summed E-state index contributed by atoms with van der Waals surface area (Å²) >= 11 is 3.33. The maximum atomic E-state index is 13.5. The van der Waals surface area contributed by atoms with Crippen LogP contribution in [-0.4, -0.2) is 0 Å². The van der Waals surface area contributed by atoms with Crippen molar-refractivity contribution in [3.05, 3.63) is 34.1 Å². The van der Waals surface area contributed by atoms with Gasteiger partial charge in [0, 0.05) is 16.1 Å². The van der Waals surface area contributed by atoms with E-state index in [9.17, 15) is 4.39 Å². The van der Waals surface area contributed by atoms with E-state index in [2.05, 4.69) is 29.8 Å². The first-order chi connectivity index (χ1) is 7.02. The quantitative estimate of drug-likeness (QED) is 0.874. The number of rotatable bonds is 4. The van der Waals surface area contributed by atoms with Crippen molar-refractivity contribution in [2.24, 2.45) is 11.7 Å². The molecule has 0 spiro atoms. The average molecular weight is 311 g/mol. The Balaban J connectivity index is 0.00000225. The molecular formula is C12H18BrClFN. The molecule has 2 N–H and O–H groups in total. The van der Waals surface area contributed by atoms with Gasteiger partial charge in [0.1, 0.15) is 5.82 Å². The zero-order valence-electron chi connectivity index (χ0n) is 9.54. The van der Waals surface area contributed by atoms with Gasteiger partial charge in [-0.25, -0.2) is 4.39 Å². The molecule has 1 atom stereocenters. The van der Waals surface area contributed by atoms with E-state index in [0.29, 0.717) is 11.5 Å². The lowest BCUT2D eigenvalue weighted by Gasteiger charge is -2.15. The molecule has 0 amide bonds. The van der Waals surface area contributed by atoms with Crippen LogP contribution in [0.2, 0.25) is 0 Å². The Morgan fingerprint density at radius 3 is 2.44 bits per heavy atom. The number of benzene rings is 1. The molecule has 0 radical (unpaired) electrons. The minimum absolute atomic E-state index is 0. The number of nitrogens with two attached hydrogens (primary N) is 1. The third-order valence-corrected chi connectivity index (χ3v) is 3.12. The SMILES string of the molecule is CC(C)CC[C@H](N)c1c(F)cccc1Br.Cl. The summed E-state index contributed by atoms with van der Waals surface area (Å²) < 4.78 is 14.3. The van der Waals surface area contributed by atoms with Crippen molar-refractivity contribution >= 4 is 28.3 Å². The molecule has 1 nitrogen and oxygen atoms in total. The summed E-state index contributed by atoms with van der Waals surface area (Å²) in [6.07, 6.45) is 1.83. The van der Waals surface area contributed by atoms with Crippen molar-refractivity contribution < 1.29 is 4.39 Å². The van der Waals surface area contributed by atoms with Crippen LogP contribution in [0.3, 0.4) is 0 Å². The van der Waals surface area contributed by atoms with Crippen LogP contribution in [0.4, 0.5) is 4.39 Å². The lowest BCUT2D eigenvalue weighted by molar-refractivity contribution is 0.489. The van der Waals surface area contributed by atoms with Gasteiger partial charge in [0.05, 0.1) is 0 Å². The van der Waals surface area contributed by atoms with E-state index in [1.807, 2.05) is 6.07 Å². The molecule has 0 fully saturated rings. The van der Waals surface area contributed by atoms with Crippen LogP contribution in [0.5, 0.6) is 0 Å². The second kappa shape index (κ2) is 7.25. The molecular weight excluding hydrogens is 292 g/mol. The highest BCUT2D eigenvalue weighted by Crippen LogP contribution is 2.28. The van der Waals surface area contributed by atoms with Crippen molar-refractivity contribution in [1.82, 2.24) is 0 Å². The van der Waals surface area contributed by atoms with E-state index < -0.39 is 0 Å². The van der Waals surface area contributed by atoms with Crippen molar-refractivity contribution in [3.63, 3.8) is 0 Å². The molecule has 0 aliphatic carbocycles. The summed E-state index contributed by atoms with van der Waals surface area (Å²) in [4.78, 5) is 0. The molecule has 1 aromatic rings. The van der Waals surface area contributed by atoms with E-state index in [1.165, 1.54) is 6.07 Å². The maximum Gasteiger partial charge on any atom is 0.129 e. The Bertz CT molecular complexity index is 311. The monoisotopic (exact) mass is 309 g/mol. The Hall–Kier alpha value is -0.120. The van der Waals surface area contributed by atoms with Gasteiger partial charge in [-0.05, 0) is 30.9 Å². The van der Waals surface area contributed by atoms with Crippen LogP contribution in [0.25, 0.3) is 0 Å². The fourth-order valence-electron chi connectivity index (χ4n) is 1.52. The smallest absolute Gasteiger partial charge is 0.129 e. The Kier molecular flexibility index (Phi) is 7.20. The zero-order chi connectivity index (χ0) is 11.4. The molecule has 0 aliphatic heterocycles. The van der Waals surface area contributed by atoms with Gasteiger partial charge in [0.15, 0.2) is 0 Å². The largest absolute Gasteiger partial charge is 0.324 e. The molecule has 0 heterocycles. The molecule has 1 aromatic carbocycles. The minimum atomic E-state index is -0.222. The zero-order valence-corrected chi connectivity index (χ0v) is 11.9. The third kappa shape index (κ3) is 4.40. The lowest BCUT2D eigenvalue weighted by Crippen LogP contribution is -2.13. The van der Waals surface area contributed by atoms with Crippen molar-refractivity contribution in [1.29, 1.82) is 0 Å². The van der Waals surface area contributed by atoms with E-state index in [1.54, 1.807) is 6.07 Å². The lowest BCUT2D eigenvalue weighted by atomic mass is 9.98. The predicted octanol–water partition coefficient (Wildman–Crippen LogP) is 4.45. The first kappa shape index (κ1) is 15.9. The highest BCUT2D eigenvalue weighted by atomic mass is 79.9. The number of hydrogen-bond acceptors (Lipinski definition) is 1. The van der Waals surface area contributed by atoms with E-state index in [-0.39, 0.29) is 24.3 Å². The first-order valence-corrected chi connectivity index (χ1v) is 6.01. The molecule has 92 valence electrons. The van der Waals surface area contributed by atoms with Crippen molar-refractivity contribution in [2.45, 2.75) is 32.7 Å². The highest BCUT2D eigenvalue weighted by molar-refractivity contribution is 9.10. The first-order valence-electron chi connectivity index (χ1n) is 5.22. The van der Waals surface area contributed by atoms with E-state index in [0.717, 1.165) is 17.3 Å². The second-order valence-corrected chi connectivity index (χ2v) is 5.07. The predicted molar refractivity (Wildman–Crippen MR) is 72.3 cm³/mol. The number of hydrogen-bond donors (Lipinski definition) is 1. The summed E-state index contributed by atoms with van der Waals surface area (Å²) in [5.74, 6) is 0.377. The van der Waals surface area contributed by atoms with Crippen LogP contribution in [0.15, 0.2) is 22.7 Å². The Morgan fingerprint density at radius 2 is 1.94 bits per heavy atom. The van der Waals surface area contributed by atoms with Gasteiger partial charge >= 0.3 is 0 Å². The molecule has 4 heteroatoms. The van der Waals surface area contributed by atoms with Crippen LogP contribution >= 0.6 is 28.3 Å². The summed E-state index contributed by atoms with van der Waals surface area (Å²) in [5.41, 5.74) is 6.57. The summed E-state index contributed by atoms with van der Waals surface area (Å²) in [6, 6.07) is 4.74. The van der Waals surface area contributed by atoms with Crippen molar-refractivity contribution in [2.75, 3.05) is 0 Å². The fourth-order valence-corrected chi connectivity index (χ4v) is 2.16. The van der Waals surface area contributed by atoms with Gasteiger partial charge < -0.3 is 5.73 Å². The third-order valence-electron chi connectivity index (χ3n) is 2.43. The van der Waals surface area contributed by atoms with Gasteiger partial charge in [0.2, 0.25) is 0 Å². The molecule has 0 saturated heterocycles. The Labute approximate surface area is 111 Å². The normalized spacial score (nSPS) is 12.4. The van der Waals surface area contributed by atoms with Crippen molar-refractivity contribution in [3.8, 4) is 0 Å². The molecule has 0 unspecified atom stereocenters. The van der Waals surface area contributed by atoms with E-state index >= 15 is 0 Å². The fraction of sp³-hybridized carbons (Fsp3) is 0.500. The van der Waals surface area contributed by atoms with Crippen LogP contribution in [-0.2, 0) is 0 Å². The Morgan fingerprint density at radius 1 is 1.31 bits per heavy atom. The second-order valence-electron chi connectivity index (χ2n) is 4.21. The van der Waals surface area contributed by atoms with Crippen LogP contribution < -0.4 is 5.73 Å². The van der Waals surface area contributed by atoms with Crippen LogP contribution in [0.1, 0.15) is 38.3 Å². The van der Waals surface area contributed by atoms with E-state index in [4.69, 9.17) is 5.73 Å². The number of halogens is 3. The highest BCUT2D eigenvalue weighted by Gasteiger charge is 2.14. The molecule has 0 aromatic heterocycles. The molecule has 0 aliphatic rings. The van der Waals surface area contributed by atoms with Gasteiger partial charge in [-0.3, -0.25) is 0 Å². The standard InChI is InChI=1S/C12H17BrFN.ClH/c1-8(2)6-7-11(15)12-9(13)4-3-5-10(12)14;/h3-5,8,11H,6-7,15H2,1-2H3;1H/t11-;/m0./s1. The summed E-state index contributed by atoms with van der Waals surface area (Å²) in [7, 11) is 0. The molecule has 16 heavy (non-hydrogen) atoms. The summed E-state index contributed by atoms with van der Waals surface area (Å²) in [6.45, 7) is 4.28. The van der Waals surface area contributed by atoms with Gasteiger partial charge in [-0.15, -0.1) is 12.4 Å². The van der Waals surface area contributed by atoms with Gasteiger partial charge in [-0.1, -0.05) is 35.8 Å². The molecule has 0 saturated carbocycles. The average Bonchev–Trinajstić information content (AvgIpc) is 2.14. The summed E-state index contributed by atoms with van der Waals surface area (Å²) in [5, 5.41) is 0. The van der Waals surface area contributed by atoms with Crippen LogP contribution in [0, 0.1) is 11.7 Å². The van der Waals surface area contributed by atoms with Gasteiger partial charge in [0.25, 0.3) is 0 Å².